The van der Waals surface area contributed by atoms with Crippen LogP contribution in [0.15, 0.2) is 59.3 Å². The fourth-order valence-electron chi connectivity index (χ4n) is 3.66. The van der Waals surface area contributed by atoms with E-state index in [4.69, 9.17) is 9.72 Å². The number of rotatable bonds is 6. The molecule has 0 spiro atoms. The lowest BCUT2D eigenvalue weighted by molar-refractivity contribution is 0.300. The SMILES string of the molecule is Cc1nc(CC2CCN(c3ccc(Br)cn3)CC2)ncc1OCc1ccccc1. The summed E-state index contributed by atoms with van der Waals surface area (Å²) in [7, 11) is 0. The molecule has 3 heterocycles. The number of anilines is 1. The van der Waals surface area contributed by atoms with Gasteiger partial charge in [0.05, 0.1) is 11.9 Å². The number of pyridine rings is 1. The van der Waals surface area contributed by atoms with Gasteiger partial charge in [-0.05, 0) is 59.3 Å². The molecule has 0 atom stereocenters. The van der Waals surface area contributed by atoms with E-state index in [1.807, 2.05) is 43.6 Å². The number of hydrogen-bond acceptors (Lipinski definition) is 5. The van der Waals surface area contributed by atoms with Crippen LogP contribution in [0.1, 0.15) is 29.9 Å². The molecule has 1 aliphatic rings. The fraction of sp³-hybridized carbons (Fsp3) is 0.348. The molecule has 1 aromatic carbocycles. The molecule has 0 bridgehead atoms. The van der Waals surface area contributed by atoms with Crippen molar-refractivity contribution in [2.75, 3.05) is 18.0 Å². The summed E-state index contributed by atoms with van der Waals surface area (Å²) in [5.74, 6) is 3.33. The first-order valence-electron chi connectivity index (χ1n) is 10.0. The first-order chi connectivity index (χ1) is 14.2. The van der Waals surface area contributed by atoms with E-state index >= 15 is 0 Å². The molecule has 1 saturated heterocycles. The van der Waals surface area contributed by atoms with Crippen LogP contribution in [0.3, 0.4) is 0 Å². The smallest absolute Gasteiger partial charge is 0.159 e. The van der Waals surface area contributed by atoms with Crippen LogP contribution in [0.25, 0.3) is 0 Å². The third kappa shape index (κ3) is 5.32. The van der Waals surface area contributed by atoms with Crippen molar-refractivity contribution in [1.82, 2.24) is 15.0 Å². The number of halogens is 1. The topological polar surface area (TPSA) is 51.1 Å². The molecule has 0 amide bonds. The van der Waals surface area contributed by atoms with Crippen molar-refractivity contribution in [3.8, 4) is 5.75 Å². The van der Waals surface area contributed by atoms with E-state index in [1.54, 1.807) is 0 Å². The maximum Gasteiger partial charge on any atom is 0.159 e. The quantitative estimate of drug-likeness (QED) is 0.527. The molecule has 5 nitrogen and oxygen atoms in total. The fourth-order valence-corrected chi connectivity index (χ4v) is 3.89. The lowest BCUT2D eigenvalue weighted by Crippen LogP contribution is -2.35. The molecule has 0 N–H and O–H groups in total. The lowest BCUT2D eigenvalue weighted by atomic mass is 9.93. The Morgan fingerprint density at radius 2 is 1.83 bits per heavy atom. The highest BCUT2D eigenvalue weighted by Crippen LogP contribution is 2.25. The van der Waals surface area contributed by atoms with Gasteiger partial charge in [0.1, 0.15) is 18.2 Å². The van der Waals surface area contributed by atoms with E-state index in [1.165, 1.54) is 0 Å². The predicted molar refractivity (Wildman–Crippen MR) is 118 cm³/mol. The second-order valence-corrected chi connectivity index (χ2v) is 8.40. The summed E-state index contributed by atoms with van der Waals surface area (Å²) in [5, 5.41) is 0. The Morgan fingerprint density at radius 1 is 1.03 bits per heavy atom. The minimum atomic E-state index is 0.535. The number of aryl methyl sites for hydroxylation is 1. The Morgan fingerprint density at radius 3 is 2.52 bits per heavy atom. The van der Waals surface area contributed by atoms with Crippen molar-refractivity contribution in [1.29, 1.82) is 0 Å². The highest BCUT2D eigenvalue weighted by Gasteiger charge is 2.21. The molecule has 3 aromatic rings. The van der Waals surface area contributed by atoms with E-state index in [9.17, 15) is 0 Å². The Labute approximate surface area is 180 Å². The van der Waals surface area contributed by atoms with Gasteiger partial charge in [0.2, 0.25) is 0 Å². The predicted octanol–water partition coefficient (Wildman–Crippen LogP) is 4.98. The lowest BCUT2D eigenvalue weighted by Gasteiger charge is -2.32. The van der Waals surface area contributed by atoms with Crippen molar-refractivity contribution in [2.45, 2.75) is 32.8 Å². The number of ether oxygens (including phenoxy) is 1. The summed E-state index contributed by atoms with van der Waals surface area (Å²) < 4.78 is 6.91. The molecule has 0 aliphatic carbocycles. The number of aromatic nitrogens is 3. The zero-order valence-electron chi connectivity index (χ0n) is 16.6. The van der Waals surface area contributed by atoms with Gasteiger partial charge in [-0.3, -0.25) is 0 Å². The van der Waals surface area contributed by atoms with Gasteiger partial charge in [0.25, 0.3) is 0 Å². The maximum absolute atomic E-state index is 5.90. The van der Waals surface area contributed by atoms with Crippen LogP contribution in [-0.2, 0) is 13.0 Å². The summed E-state index contributed by atoms with van der Waals surface area (Å²) in [4.78, 5) is 16.1. The molecule has 1 aliphatic heterocycles. The summed E-state index contributed by atoms with van der Waals surface area (Å²) in [6, 6.07) is 14.3. The van der Waals surface area contributed by atoms with Crippen LogP contribution in [-0.4, -0.2) is 28.0 Å². The van der Waals surface area contributed by atoms with Gasteiger partial charge in [-0.15, -0.1) is 0 Å². The van der Waals surface area contributed by atoms with Crippen LogP contribution in [0.4, 0.5) is 5.82 Å². The average molecular weight is 453 g/mol. The van der Waals surface area contributed by atoms with Crippen molar-refractivity contribution in [3.63, 3.8) is 0 Å². The van der Waals surface area contributed by atoms with Gasteiger partial charge in [0.15, 0.2) is 5.75 Å². The molecular weight excluding hydrogens is 428 g/mol. The number of hydrogen-bond donors (Lipinski definition) is 0. The normalized spacial score (nSPS) is 14.8. The van der Waals surface area contributed by atoms with Crippen molar-refractivity contribution < 1.29 is 4.74 Å². The minimum absolute atomic E-state index is 0.535. The number of benzene rings is 1. The Balaban J connectivity index is 1.30. The zero-order valence-corrected chi connectivity index (χ0v) is 18.2. The van der Waals surface area contributed by atoms with Gasteiger partial charge in [0, 0.05) is 30.2 Å². The first-order valence-corrected chi connectivity index (χ1v) is 10.8. The number of piperidine rings is 1. The second-order valence-electron chi connectivity index (χ2n) is 7.48. The second kappa shape index (κ2) is 9.35. The molecule has 150 valence electrons. The molecule has 0 saturated carbocycles. The Bertz CT molecular complexity index is 925. The van der Waals surface area contributed by atoms with E-state index in [0.29, 0.717) is 12.5 Å². The van der Waals surface area contributed by atoms with Crippen molar-refractivity contribution >= 4 is 21.7 Å². The zero-order chi connectivity index (χ0) is 20.1. The molecule has 29 heavy (non-hydrogen) atoms. The summed E-state index contributed by atoms with van der Waals surface area (Å²) >= 11 is 3.44. The van der Waals surface area contributed by atoms with Crippen molar-refractivity contribution in [2.24, 2.45) is 5.92 Å². The van der Waals surface area contributed by atoms with Gasteiger partial charge in [-0.25, -0.2) is 15.0 Å². The van der Waals surface area contributed by atoms with E-state index in [0.717, 1.165) is 65.5 Å². The molecule has 1 fully saturated rings. The van der Waals surface area contributed by atoms with Crippen LogP contribution in [0.2, 0.25) is 0 Å². The van der Waals surface area contributed by atoms with Crippen LogP contribution in [0, 0.1) is 12.8 Å². The van der Waals surface area contributed by atoms with E-state index in [-0.39, 0.29) is 0 Å². The van der Waals surface area contributed by atoms with E-state index in [2.05, 4.69) is 49.0 Å². The monoisotopic (exact) mass is 452 g/mol. The highest BCUT2D eigenvalue weighted by molar-refractivity contribution is 9.10. The Hall–Kier alpha value is -2.47. The standard InChI is InChI=1S/C23H25BrN4O/c1-17-21(29-16-19-5-3-2-4-6-19)15-25-22(27-17)13-18-9-11-28(12-10-18)23-8-7-20(24)14-26-23/h2-8,14-15,18H,9-13,16H2,1H3. The first kappa shape index (κ1) is 19.8. The molecular formula is C23H25BrN4O. The van der Waals surface area contributed by atoms with Gasteiger partial charge in [-0.2, -0.15) is 0 Å². The van der Waals surface area contributed by atoms with Gasteiger partial charge in [-0.1, -0.05) is 30.3 Å². The third-order valence-electron chi connectivity index (χ3n) is 5.34. The Kier molecular flexibility index (Phi) is 6.39. The van der Waals surface area contributed by atoms with Gasteiger partial charge < -0.3 is 9.64 Å². The van der Waals surface area contributed by atoms with Crippen LogP contribution in [0.5, 0.6) is 5.75 Å². The maximum atomic E-state index is 5.90. The van der Waals surface area contributed by atoms with Crippen molar-refractivity contribution in [3.05, 3.63) is 76.4 Å². The third-order valence-corrected chi connectivity index (χ3v) is 5.81. The summed E-state index contributed by atoms with van der Waals surface area (Å²) in [6.07, 6.45) is 6.86. The largest absolute Gasteiger partial charge is 0.485 e. The molecule has 0 unspecified atom stereocenters. The molecule has 4 rings (SSSR count). The van der Waals surface area contributed by atoms with Crippen LogP contribution < -0.4 is 9.64 Å². The summed E-state index contributed by atoms with van der Waals surface area (Å²) in [5.41, 5.74) is 2.05. The number of nitrogens with zero attached hydrogens (tertiary/aromatic N) is 4. The minimum Gasteiger partial charge on any atom is -0.485 e. The molecule has 0 radical (unpaired) electrons. The van der Waals surface area contributed by atoms with E-state index < -0.39 is 0 Å². The average Bonchev–Trinajstić information content (AvgIpc) is 2.75. The van der Waals surface area contributed by atoms with Crippen LogP contribution >= 0.6 is 15.9 Å². The molecule has 6 heteroatoms. The van der Waals surface area contributed by atoms with Gasteiger partial charge >= 0.3 is 0 Å². The highest BCUT2D eigenvalue weighted by atomic mass is 79.9. The molecule has 2 aromatic heterocycles. The summed E-state index contributed by atoms with van der Waals surface area (Å²) in [6.45, 7) is 4.58.